The third-order valence-electron chi connectivity index (χ3n) is 5.82. The quantitative estimate of drug-likeness (QED) is 0.281. The molecule has 3 aromatic heterocycles. The summed E-state index contributed by atoms with van der Waals surface area (Å²) in [7, 11) is 3.44. The molecule has 0 saturated heterocycles. The molecule has 0 aliphatic rings. The van der Waals surface area contributed by atoms with Crippen LogP contribution < -0.4 is 15.1 Å². The summed E-state index contributed by atoms with van der Waals surface area (Å²) in [6.45, 7) is 3.86. The van der Waals surface area contributed by atoms with Gasteiger partial charge in [-0.2, -0.15) is 4.99 Å². The molecule has 0 aliphatic carbocycles. The molecule has 0 unspecified atom stereocenters. The fourth-order valence-electron chi connectivity index (χ4n) is 3.90. The second-order valence-electron chi connectivity index (χ2n) is 8.08. The van der Waals surface area contributed by atoms with Crippen molar-refractivity contribution in [2.75, 3.05) is 13.7 Å². The van der Waals surface area contributed by atoms with Gasteiger partial charge in [-0.3, -0.25) is 9.48 Å². The van der Waals surface area contributed by atoms with E-state index in [1.54, 1.807) is 35.5 Å². The Kier molecular flexibility index (Phi) is 7.07. The molecule has 0 saturated carbocycles. The Hall–Kier alpha value is -4.29. The van der Waals surface area contributed by atoms with Crippen LogP contribution in [-0.4, -0.2) is 43.8 Å². The van der Waals surface area contributed by atoms with Gasteiger partial charge in [-0.25, -0.2) is 19.1 Å². The zero-order valence-corrected chi connectivity index (χ0v) is 22.7. The Morgan fingerprint density at radius 1 is 1.08 bits per heavy atom. The van der Waals surface area contributed by atoms with Crippen LogP contribution in [0.2, 0.25) is 0 Å². The predicted molar refractivity (Wildman–Crippen MR) is 146 cm³/mol. The van der Waals surface area contributed by atoms with E-state index in [9.17, 15) is 9.59 Å². The molecule has 0 fully saturated rings. The molecule has 0 N–H and O–H groups in total. The zero-order valence-electron chi connectivity index (χ0n) is 21.1. The zero-order chi connectivity index (χ0) is 26.8. The number of thiazole rings is 1. The molecule has 0 bridgehead atoms. The van der Waals surface area contributed by atoms with Crippen LogP contribution in [0.5, 0.6) is 5.75 Å². The number of nitrogens with zero attached hydrogens (tertiary/aromatic N) is 6. The maximum atomic E-state index is 13.4. The molecule has 3 heterocycles. The highest BCUT2D eigenvalue weighted by Gasteiger charge is 2.20. The van der Waals surface area contributed by atoms with Gasteiger partial charge in [-0.15, -0.1) is 16.4 Å². The van der Waals surface area contributed by atoms with E-state index in [1.165, 1.54) is 11.3 Å². The maximum Gasteiger partial charge on any atom is 0.369 e. The van der Waals surface area contributed by atoms with Gasteiger partial charge in [0, 0.05) is 18.1 Å². The Morgan fingerprint density at radius 3 is 2.50 bits per heavy atom. The molecular formula is C26H24N6O4S2. The van der Waals surface area contributed by atoms with Crippen LogP contribution in [0.25, 0.3) is 22.6 Å². The first-order valence-electron chi connectivity index (χ1n) is 11.7. The first-order chi connectivity index (χ1) is 18.4. The van der Waals surface area contributed by atoms with Gasteiger partial charge in [0.2, 0.25) is 14.9 Å². The first-order valence-corrected chi connectivity index (χ1v) is 13.4. The van der Waals surface area contributed by atoms with Crippen LogP contribution in [0, 0.1) is 6.92 Å². The van der Waals surface area contributed by atoms with Crippen LogP contribution >= 0.6 is 22.7 Å². The second kappa shape index (κ2) is 10.6. The van der Waals surface area contributed by atoms with Gasteiger partial charge in [0.05, 0.1) is 36.3 Å². The number of carbonyl (C=O) groups is 1. The highest BCUT2D eigenvalue weighted by atomic mass is 32.1. The summed E-state index contributed by atoms with van der Waals surface area (Å²) >= 11 is 2.40. The normalized spacial score (nSPS) is 11.6. The lowest BCUT2D eigenvalue weighted by Crippen LogP contribution is -2.20. The summed E-state index contributed by atoms with van der Waals surface area (Å²) < 4.78 is 15.4. The fourth-order valence-corrected chi connectivity index (χ4v) is 5.43. The summed E-state index contributed by atoms with van der Waals surface area (Å²) in [6.07, 6.45) is 0. The van der Waals surface area contributed by atoms with E-state index in [0.29, 0.717) is 32.6 Å². The number of para-hydroxylation sites is 1. The minimum Gasteiger partial charge on any atom is -0.497 e. The molecule has 0 amide bonds. The summed E-state index contributed by atoms with van der Waals surface area (Å²) in [5.41, 5.74) is 3.13. The Labute approximate surface area is 225 Å². The number of rotatable bonds is 7. The largest absolute Gasteiger partial charge is 0.497 e. The second-order valence-corrected chi connectivity index (χ2v) is 9.88. The van der Waals surface area contributed by atoms with E-state index in [1.807, 2.05) is 66.5 Å². The third kappa shape index (κ3) is 4.71. The lowest BCUT2D eigenvalue weighted by atomic mass is 10.2. The number of methoxy groups -OCH3 is 1. The molecular weight excluding hydrogens is 524 g/mol. The van der Waals surface area contributed by atoms with Crippen LogP contribution in [0.3, 0.4) is 0 Å². The lowest BCUT2D eigenvalue weighted by molar-refractivity contribution is 0.0524. The molecule has 0 spiro atoms. The molecule has 12 heteroatoms. The molecule has 5 rings (SSSR count). The topological polar surface area (TPSA) is 106 Å². The summed E-state index contributed by atoms with van der Waals surface area (Å²) in [5, 5.41) is 6.84. The van der Waals surface area contributed by atoms with Gasteiger partial charge in [0.25, 0.3) is 5.56 Å². The molecule has 0 aliphatic heterocycles. The average Bonchev–Trinajstić information content (AvgIpc) is 3.62. The first kappa shape index (κ1) is 25.4. The highest BCUT2D eigenvalue weighted by molar-refractivity contribution is 7.14. The average molecular weight is 549 g/mol. The van der Waals surface area contributed by atoms with Crippen LogP contribution in [0.4, 0.5) is 5.13 Å². The molecule has 10 nitrogen and oxygen atoms in total. The van der Waals surface area contributed by atoms with Crippen molar-refractivity contribution in [2.24, 2.45) is 12.0 Å². The molecule has 38 heavy (non-hydrogen) atoms. The smallest absolute Gasteiger partial charge is 0.369 e. The minimum absolute atomic E-state index is 0.163. The molecule has 0 radical (unpaired) electrons. The number of aromatic nitrogens is 5. The standard InChI is InChI=1S/C26H24N6O4S2/c1-5-36-24(34)22-29-31(17-11-13-19(35-4)14-12-17)26(38-22)28-25-27-20(15-37-25)21-16(2)30(3)32(23(21)33)18-9-7-6-8-10-18/h6-15H,5H2,1-4H3/b28-26-. The van der Waals surface area contributed by atoms with E-state index in [2.05, 4.69) is 15.1 Å². The minimum atomic E-state index is -0.526. The van der Waals surface area contributed by atoms with Gasteiger partial charge < -0.3 is 9.47 Å². The number of hydrogen-bond acceptors (Lipinski definition) is 9. The Bertz CT molecular complexity index is 1730. The fraction of sp³-hybridized carbons (Fsp3) is 0.192. The van der Waals surface area contributed by atoms with Crippen molar-refractivity contribution in [1.82, 2.24) is 24.1 Å². The summed E-state index contributed by atoms with van der Waals surface area (Å²) in [4.78, 5) is 35.6. The number of carbonyl (C=O) groups excluding carboxylic acids is 1. The summed E-state index contributed by atoms with van der Waals surface area (Å²) in [6, 6.07) is 16.7. The monoisotopic (exact) mass is 548 g/mol. The third-order valence-corrected chi connectivity index (χ3v) is 7.44. The number of hydrogen-bond donors (Lipinski definition) is 0. The molecule has 5 aromatic rings. The van der Waals surface area contributed by atoms with Crippen LogP contribution in [-0.2, 0) is 11.8 Å². The Balaban J connectivity index is 1.59. The van der Waals surface area contributed by atoms with Crippen molar-refractivity contribution in [2.45, 2.75) is 13.8 Å². The number of esters is 1. The molecule has 2 aromatic carbocycles. The lowest BCUT2D eigenvalue weighted by Gasteiger charge is -2.07. The van der Waals surface area contributed by atoms with E-state index in [-0.39, 0.29) is 17.2 Å². The van der Waals surface area contributed by atoms with Crippen molar-refractivity contribution in [3.05, 3.63) is 85.8 Å². The SMILES string of the molecule is CCOC(=O)c1nn(-c2ccc(OC)cc2)/c(=N/c2nc(-c3c(C)n(C)n(-c4ccccc4)c3=O)cs2)s1. The maximum absolute atomic E-state index is 13.4. The van der Waals surface area contributed by atoms with Gasteiger partial charge in [-0.05, 0) is 50.2 Å². The van der Waals surface area contributed by atoms with Gasteiger partial charge in [0.15, 0.2) is 0 Å². The highest BCUT2D eigenvalue weighted by Crippen LogP contribution is 2.28. The molecule has 194 valence electrons. The molecule has 0 atom stereocenters. The number of ether oxygens (including phenoxy) is 2. The predicted octanol–water partition coefficient (Wildman–Crippen LogP) is 4.27. The summed E-state index contributed by atoms with van der Waals surface area (Å²) in [5.74, 6) is 0.167. The van der Waals surface area contributed by atoms with E-state index < -0.39 is 5.97 Å². The van der Waals surface area contributed by atoms with Crippen LogP contribution in [0.1, 0.15) is 22.4 Å². The Morgan fingerprint density at radius 2 is 1.82 bits per heavy atom. The van der Waals surface area contributed by atoms with Gasteiger partial charge in [-0.1, -0.05) is 29.5 Å². The van der Waals surface area contributed by atoms with Crippen molar-refractivity contribution in [1.29, 1.82) is 0 Å². The van der Waals surface area contributed by atoms with Gasteiger partial charge >= 0.3 is 5.97 Å². The van der Waals surface area contributed by atoms with Gasteiger partial charge in [0.1, 0.15) is 5.75 Å². The van der Waals surface area contributed by atoms with Crippen LogP contribution in [0.15, 0.2) is 69.8 Å². The van der Waals surface area contributed by atoms with E-state index >= 15 is 0 Å². The number of benzene rings is 2. The van der Waals surface area contributed by atoms with Crippen molar-refractivity contribution in [3.63, 3.8) is 0 Å². The van der Waals surface area contributed by atoms with Crippen molar-refractivity contribution in [3.8, 4) is 28.4 Å². The van der Waals surface area contributed by atoms with E-state index in [0.717, 1.165) is 22.7 Å². The van der Waals surface area contributed by atoms with E-state index in [4.69, 9.17) is 9.47 Å². The van der Waals surface area contributed by atoms with Crippen molar-refractivity contribution >= 4 is 33.8 Å². The van der Waals surface area contributed by atoms with Crippen molar-refractivity contribution < 1.29 is 14.3 Å².